The van der Waals surface area contributed by atoms with Crippen LogP contribution in [0.5, 0.6) is 11.5 Å². The Bertz CT molecular complexity index is 1390. The molecule has 1 fully saturated rings. The Morgan fingerprint density at radius 2 is 1.78 bits per heavy atom. The zero-order chi connectivity index (χ0) is 25.9. The number of hydrogen-bond donors (Lipinski definition) is 1. The van der Waals surface area contributed by atoms with Crippen molar-refractivity contribution < 1.29 is 23.9 Å². The Kier molecular flexibility index (Phi) is 7.16. The van der Waals surface area contributed by atoms with Crippen LogP contribution in [0.15, 0.2) is 71.7 Å². The van der Waals surface area contributed by atoms with Crippen LogP contribution in [0.4, 0.5) is 11.4 Å². The molecule has 3 aromatic rings. The van der Waals surface area contributed by atoms with Gasteiger partial charge in [-0.2, -0.15) is 0 Å². The van der Waals surface area contributed by atoms with Gasteiger partial charge in [0.25, 0.3) is 0 Å². The molecular formula is C27H22ClN3O5S. The van der Waals surface area contributed by atoms with Crippen LogP contribution in [-0.4, -0.2) is 39.7 Å². The quantitative estimate of drug-likeness (QED) is 0.405. The summed E-state index contributed by atoms with van der Waals surface area (Å²) in [6, 6.07) is 19.1. The topological polar surface area (TPSA) is 97.3 Å². The lowest BCUT2D eigenvalue weighted by Crippen LogP contribution is -2.33. The summed E-state index contributed by atoms with van der Waals surface area (Å²) >= 11 is 7.25. The Balaban J connectivity index is 1.34. The maximum absolute atomic E-state index is 13.4. The van der Waals surface area contributed by atoms with Crippen LogP contribution in [0.1, 0.15) is 29.3 Å². The molecule has 5 rings (SSSR count). The van der Waals surface area contributed by atoms with Gasteiger partial charge in [-0.15, -0.1) is 0 Å². The largest absolute Gasteiger partial charge is 0.454 e. The van der Waals surface area contributed by atoms with E-state index in [4.69, 9.17) is 21.1 Å². The number of nitrogens with one attached hydrogen (secondary N) is 1. The third kappa shape index (κ3) is 5.79. The Hall–Kier alpha value is -3.82. The van der Waals surface area contributed by atoms with Crippen LogP contribution in [0, 0.1) is 0 Å². The fourth-order valence-corrected chi connectivity index (χ4v) is 5.17. The van der Waals surface area contributed by atoms with E-state index < -0.39 is 5.25 Å². The molecule has 0 unspecified atom stereocenters. The number of nitrogens with zero attached hydrogens (tertiary/aromatic N) is 2. The number of fused-ring (bicyclic) bond motifs is 1. The van der Waals surface area contributed by atoms with Gasteiger partial charge in [-0.3, -0.25) is 19.3 Å². The number of halogens is 1. The summed E-state index contributed by atoms with van der Waals surface area (Å²) in [5.41, 5.74) is 2.60. The molecule has 37 heavy (non-hydrogen) atoms. The van der Waals surface area contributed by atoms with E-state index in [2.05, 4.69) is 10.3 Å². The van der Waals surface area contributed by atoms with Crippen molar-refractivity contribution in [2.24, 2.45) is 4.99 Å². The number of rotatable bonds is 7. The van der Waals surface area contributed by atoms with E-state index in [-0.39, 0.29) is 37.4 Å². The lowest BCUT2D eigenvalue weighted by molar-refractivity contribution is -0.128. The van der Waals surface area contributed by atoms with E-state index in [0.29, 0.717) is 38.6 Å². The van der Waals surface area contributed by atoms with Crippen LogP contribution in [0.25, 0.3) is 0 Å². The number of amidine groups is 1. The van der Waals surface area contributed by atoms with E-state index in [9.17, 15) is 14.4 Å². The van der Waals surface area contributed by atoms with E-state index in [1.165, 1.54) is 18.7 Å². The molecule has 0 bridgehead atoms. The molecule has 8 nitrogen and oxygen atoms in total. The van der Waals surface area contributed by atoms with Gasteiger partial charge in [-0.05, 0) is 73.2 Å². The number of aliphatic imine (C=N–C) groups is 1. The Morgan fingerprint density at radius 1 is 1.05 bits per heavy atom. The van der Waals surface area contributed by atoms with Crippen LogP contribution in [0.3, 0.4) is 0 Å². The summed E-state index contributed by atoms with van der Waals surface area (Å²) in [6.07, 6.45) is -0.0325. The number of ketones is 1. The van der Waals surface area contributed by atoms with Crippen molar-refractivity contribution in [1.29, 1.82) is 0 Å². The van der Waals surface area contributed by atoms with E-state index in [0.717, 1.165) is 5.56 Å². The lowest BCUT2D eigenvalue weighted by atomic mass is 10.1. The maximum Gasteiger partial charge on any atom is 0.242 e. The number of benzene rings is 3. The molecule has 0 saturated carbocycles. The number of amides is 2. The van der Waals surface area contributed by atoms with Crippen molar-refractivity contribution in [3.8, 4) is 11.5 Å². The van der Waals surface area contributed by atoms with E-state index in [1.807, 2.05) is 18.2 Å². The highest BCUT2D eigenvalue weighted by Crippen LogP contribution is 2.36. The number of thioether (sulfide) groups is 1. The number of anilines is 1. The molecule has 0 spiro atoms. The van der Waals surface area contributed by atoms with Crippen LogP contribution in [-0.2, 0) is 16.1 Å². The number of carbonyl (C=O) groups excluding carboxylic acids is 3. The minimum Gasteiger partial charge on any atom is -0.454 e. The van der Waals surface area contributed by atoms with Crippen molar-refractivity contribution in [3.05, 3.63) is 82.9 Å². The van der Waals surface area contributed by atoms with Crippen molar-refractivity contribution in [2.45, 2.75) is 25.1 Å². The first-order valence-electron chi connectivity index (χ1n) is 11.5. The monoisotopic (exact) mass is 535 g/mol. The normalized spacial score (nSPS) is 17.4. The van der Waals surface area contributed by atoms with E-state index >= 15 is 0 Å². The predicted octanol–water partition coefficient (Wildman–Crippen LogP) is 5.43. The van der Waals surface area contributed by atoms with Crippen LogP contribution in [0.2, 0.25) is 5.02 Å². The molecule has 0 radical (unpaired) electrons. The van der Waals surface area contributed by atoms with Gasteiger partial charge in [0.05, 0.1) is 12.2 Å². The second-order valence-electron chi connectivity index (χ2n) is 8.48. The van der Waals surface area contributed by atoms with E-state index in [1.54, 1.807) is 53.4 Å². The van der Waals surface area contributed by atoms with Gasteiger partial charge in [0.1, 0.15) is 5.25 Å². The van der Waals surface area contributed by atoms with Gasteiger partial charge in [0.15, 0.2) is 22.4 Å². The fourth-order valence-electron chi connectivity index (χ4n) is 3.89. The lowest BCUT2D eigenvalue weighted by Gasteiger charge is -2.17. The molecule has 1 atom stereocenters. The zero-order valence-electron chi connectivity index (χ0n) is 19.8. The molecule has 3 aromatic carbocycles. The Labute approximate surface area is 222 Å². The molecule has 0 aromatic heterocycles. The number of Topliss-reactive ketones (excluding diaryl/α,β-unsaturated/α-hetero) is 1. The summed E-state index contributed by atoms with van der Waals surface area (Å²) < 4.78 is 10.8. The minimum atomic E-state index is -0.642. The van der Waals surface area contributed by atoms with Gasteiger partial charge in [-0.25, -0.2) is 4.99 Å². The molecule has 2 heterocycles. The highest BCUT2D eigenvalue weighted by Gasteiger charge is 2.39. The van der Waals surface area contributed by atoms with Crippen molar-refractivity contribution in [1.82, 2.24) is 4.90 Å². The third-order valence-electron chi connectivity index (χ3n) is 5.80. The number of hydrogen-bond acceptors (Lipinski definition) is 7. The van der Waals surface area contributed by atoms with Crippen LogP contribution >= 0.6 is 23.4 Å². The Morgan fingerprint density at radius 3 is 2.51 bits per heavy atom. The number of carbonyl (C=O) groups is 3. The zero-order valence-corrected chi connectivity index (χ0v) is 21.3. The first kappa shape index (κ1) is 24.9. The second-order valence-corrected chi connectivity index (χ2v) is 10.1. The highest BCUT2D eigenvalue weighted by atomic mass is 35.5. The molecule has 188 valence electrons. The van der Waals surface area contributed by atoms with Crippen molar-refractivity contribution in [3.63, 3.8) is 0 Å². The standard InChI is InChI=1S/C27H22ClN3O5S/c1-16(32)18-3-7-20(8-4-18)29-25(33)13-24-26(34)31(14-17-2-11-22-23(12-17)36-15-35-22)27(37-24)30-21-9-5-19(28)6-10-21/h2-12,24H,13-15H2,1H3,(H,29,33)/t24-/m1/s1. The SMILES string of the molecule is CC(=O)c1ccc(NC(=O)C[C@H]2SC(=Nc3ccc(Cl)cc3)N(Cc3ccc4c(c3)OCO4)C2=O)cc1. The van der Waals surface area contributed by atoms with Gasteiger partial charge in [0.2, 0.25) is 18.6 Å². The molecule has 2 aliphatic heterocycles. The smallest absolute Gasteiger partial charge is 0.242 e. The molecule has 2 amide bonds. The first-order chi connectivity index (χ1) is 17.9. The van der Waals surface area contributed by atoms with Gasteiger partial charge in [0, 0.05) is 22.7 Å². The average Bonchev–Trinajstić information content (AvgIpc) is 3.46. The van der Waals surface area contributed by atoms with Gasteiger partial charge >= 0.3 is 0 Å². The summed E-state index contributed by atoms with van der Waals surface area (Å²) in [5.74, 6) is 0.710. The molecule has 1 saturated heterocycles. The predicted molar refractivity (Wildman–Crippen MR) is 143 cm³/mol. The molecule has 0 aliphatic carbocycles. The number of ether oxygens (including phenoxy) is 2. The first-order valence-corrected chi connectivity index (χ1v) is 12.7. The summed E-state index contributed by atoms with van der Waals surface area (Å²) in [5, 5.41) is 3.24. The highest BCUT2D eigenvalue weighted by molar-refractivity contribution is 8.15. The second kappa shape index (κ2) is 10.7. The van der Waals surface area contributed by atoms with Crippen molar-refractivity contribution in [2.75, 3.05) is 12.1 Å². The molecular weight excluding hydrogens is 514 g/mol. The van der Waals surface area contributed by atoms with Gasteiger partial charge in [-0.1, -0.05) is 29.4 Å². The third-order valence-corrected chi connectivity index (χ3v) is 7.22. The average molecular weight is 536 g/mol. The van der Waals surface area contributed by atoms with Crippen LogP contribution < -0.4 is 14.8 Å². The van der Waals surface area contributed by atoms with Gasteiger partial charge < -0.3 is 14.8 Å². The minimum absolute atomic E-state index is 0.0325. The maximum atomic E-state index is 13.4. The summed E-state index contributed by atoms with van der Waals surface area (Å²) in [6.45, 7) is 1.91. The molecule has 2 aliphatic rings. The summed E-state index contributed by atoms with van der Waals surface area (Å²) in [7, 11) is 0. The summed E-state index contributed by atoms with van der Waals surface area (Å²) in [4.78, 5) is 43.9. The molecule has 1 N–H and O–H groups in total. The fraction of sp³-hybridized carbons (Fsp3) is 0.185. The van der Waals surface area contributed by atoms with Crippen molar-refractivity contribution >= 4 is 57.5 Å². The molecule has 10 heteroatoms.